The highest BCUT2D eigenvalue weighted by atomic mass is 16.5. The van der Waals surface area contributed by atoms with Gasteiger partial charge in [0.25, 0.3) is 0 Å². The summed E-state index contributed by atoms with van der Waals surface area (Å²) in [6.07, 6.45) is 2.89. The van der Waals surface area contributed by atoms with E-state index in [4.69, 9.17) is 4.74 Å². The average molecular weight is 365 g/mol. The van der Waals surface area contributed by atoms with Crippen molar-refractivity contribution >= 4 is 11.8 Å². The van der Waals surface area contributed by atoms with Crippen molar-refractivity contribution in [2.45, 2.75) is 12.3 Å². The fourth-order valence-corrected chi connectivity index (χ4v) is 3.86. The maximum atomic E-state index is 5.78. The van der Waals surface area contributed by atoms with E-state index in [1.165, 1.54) is 5.56 Å². The van der Waals surface area contributed by atoms with Crippen LogP contribution in [0.5, 0.6) is 5.75 Å². The first-order chi connectivity index (χ1) is 13.3. The molecule has 1 fully saturated rings. The number of ether oxygens (including phenoxy) is 1. The van der Waals surface area contributed by atoms with Crippen LogP contribution in [-0.2, 0) is 0 Å². The van der Waals surface area contributed by atoms with Gasteiger partial charge in [-0.05, 0) is 30.2 Å². The molecule has 2 aromatic rings. The van der Waals surface area contributed by atoms with Crippen LogP contribution in [0.15, 0.2) is 53.7 Å². The lowest BCUT2D eigenvalue weighted by Gasteiger charge is -2.37. The summed E-state index contributed by atoms with van der Waals surface area (Å²) in [4.78, 5) is 13.6. The fraction of sp³-hybridized carbons (Fsp3) is 0.429. The third-order valence-corrected chi connectivity index (χ3v) is 5.35. The Hall–Kier alpha value is -2.76. The van der Waals surface area contributed by atoms with Crippen molar-refractivity contribution in [3.05, 3.63) is 54.2 Å². The van der Waals surface area contributed by atoms with E-state index >= 15 is 0 Å². The first-order valence-corrected chi connectivity index (χ1v) is 9.68. The quantitative estimate of drug-likeness (QED) is 0.668. The number of benzene rings is 1. The molecular weight excluding hydrogens is 338 g/mol. The van der Waals surface area contributed by atoms with Crippen molar-refractivity contribution in [2.75, 3.05) is 51.3 Å². The molecule has 0 radical (unpaired) electrons. The molecule has 3 heterocycles. The maximum Gasteiger partial charge on any atom is 0.193 e. The summed E-state index contributed by atoms with van der Waals surface area (Å²) in [7, 11) is 1.87. The van der Waals surface area contributed by atoms with E-state index in [0.29, 0.717) is 5.92 Å². The van der Waals surface area contributed by atoms with Gasteiger partial charge in [0.05, 0.1) is 6.61 Å². The van der Waals surface area contributed by atoms with Crippen molar-refractivity contribution in [3.63, 3.8) is 0 Å². The van der Waals surface area contributed by atoms with Gasteiger partial charge in [-0.1, -0.05) is 24.3 Å². The minimum absolute atomic E-state index is 0.460. The van der Waals surface area contributed by atoms with E-state index in [1.54, 1.807) is 0 Å². The van der Waals surface area contributed by atoms with Crippen LogP contribution in [0.4, 0.5) is 5.82 Å². The summed E-state index contributed by atoms with van der Waals surface area (Å²) < 4.78 is 5.78. The highest BCUT2D eigenvalue weighted by Gasteiger charge is 2.24. The minimum Gasteiger partial charge on any atom is -0.493 e. The van der Waals surface area contributed by atoms with Crippen molar-refractivity contribution < 1.29 is 4.74 Å². The smallest absolute Gasteiger partial charge is 0.193 e. The topological polar surface area (TPSA) is 53.0 Å². The van der Waals surface area contributed by atoms with Crippen LogP contribution < -0.4 is 15.0 Å². The predicted molar refractivity (Wildman–Crippen MR) is 109 cm³/mol. The molecule has 142 valence electrons. The standard InChI is InChI=1S/C21H27N5O/c1-22-21(24-16-17-9-15-27-19-7-3-2-6-18(17)19)26-13-11-25(12-14-26)20-8-4-5-10-23-20/h2-8,10,17H,9,11-16H2,1H3,(H,22,24). The van der Waals surface area contributed by atoms with Gasteiger partial charge in [-0.3, -0.25) is 4.99 Å². The molecule has 0 bridgehead atoms. The highest BCUT2D eigenvalue weighted by molar-refractivity contribution is 5.80. The summed E-state index contributed by atoms with van der Waals surface area (Å²) in [5.41, 5.74) is 1.30. The molecule has 1 saturated heterocycles. The van der Waals surface area contributed by atoms with Gasteiger partial charge in [0.15, 0.2) is 5.96 Å². The van der Waals surface area contributed by atoms with Gasteiger partial charge in [0.2, 0.25) is 0 Å². The lowest BCUT2D eigenvalue weighted by atomic mass is 9.93. The lowest BCUT2D eigenvalue weighted by Crippen LogP contribution is -2.53. The molecular formula is C21H27N5O. The summed E-state index contributed by atoms with van der Waals surface area (Å²) >= 11 is 0. The number of piperazine rings is 1. The molecule has 0 aliphatic carbocycles. The number of para-hydroxylation sites is 1. The Balaban J connectivity index is 1.33. The Morgan fingerprint density at radius 3 is 2.74 bits per heavy atom. The van der Waals surface area contributed by atoms with Crippen molar-refractivity contribution in [3.8, 4) is 5.75 Å². The van der Waals surface area contributed by atoms with Gasteiger partial charge in [-0.15, -0.1) is 0 Å². The van der Waals surface area contributed by atoms with Crippen LogP contribution in [-0.4, -0.2) is 62.2 Å². The number of aliphatic imine (C=N–C) groups is 1. The molecule has 6 nitrogen and oxygen atoms in total. The van der Waals surface area contributed by atoms with Gasteiger partial charge in [-0.2, -0.15) is 0 Å². The molecule has 27 heavy (non-hydrogen) atoms. The Morgan fingerprint density at radius 1 is 1.15 bits per heavy atom. The normalized spacial score (nSPS) is 20.0. The molecule has 1 aromatic heterocycles. The molecule has 1 atom stereocenters. The van der Waals surface area contributed by atoms with Crippen molar-refractivity contribution in [1.29, 1.82) is 0 Å². The van der Waals surface area contributed by atoms with E-state index in [0.717, 1.165) is 63.3 Å². The Kier molecular flexibility index (Phi) is 5.42. The maximum absolute atomic E-state index is 5.78. The van der Waals surface area contributed by atoms with E-state index in [9.17, 15) is 0 Å². The summed E-state index contributed by atoms with van der Waals surface area (Å²) in [5, 5.41) is 3.59. The lowest BCUT2D eigenvalue weighted by molar-refractivity contribution is 0.266. The molecule has 0 spiro atoms. The zero-order chi connectivity index (χ0) is 18.5. The van der Waals surface area contributed by atoms with Crippen LogP contribution in [0.3, 0.4) is 0 Å². The molecule has 2 aliphatic heterocycles. The Morgan fingerprint density at radius 2 is 1.96 bits per heavy atom. The van der Waals surface area contributed by atoms with E-state index in [2.05, 4.69) is 49.4 Å². The summed E-state index contributed by atoms with van der Waals surface area (Å²) in [6, 6.07) is 14.4. The number of hydrogen-bond acceptors (Lipinski definition) is 4. The van der Waals surface area contributed by atoms with Crippen LogP contribution in [0.2, 0.25) is 0 Å². The number of fused-ring (bicyclic) bond motifs is 1. The SMILES string of the molecule is CN=C(NCC1CCOc2ccccc21)N1CCN(c2ccccn2)CC1. The van der Waals surface area contributed by atoms with Gasteiger partial charge in [0.1, 0.15) is 11.6 Å². The van der Waals surface area contributed by atoms with E-state index in [1.807, 2.05) is 31.4 Å². The van der Waals surface area contributed by atoms with Crippen LogP contribution >= 0.6 is 0 Å². The van der Waals surface area contributed by atoms with Gasteiger partial charge >= 0.3 is 0 Å². The van der Waals surface area contributed by atoms with E-state index < -0.39 is 0 Å². The molecule has 2 aliphatic rings. The third-order valence-electron chi connectivity index (χ3n) is 5.35. The minimum atomic E-state index is 0.460. The second kappa shape index (κ2) is 8.29. The molecule has 1 unspecified atom stereocenters. The number of hydrogen-bond donors (Lipinski definition) is 1. The van der Waals surface area contributed by atoms with Crippen LogP contribution in [0.25, 0.3) is 0 Å². The molecule has 1 aromatic carbocycles. The molecule has 6 heteroatoms. The molecule has 0 saturated carbocycles. The van der Waals surface area contributed by atoms with Crippen molar-refractivity contribution in [1.82, 2.24) is 15.2 Å². The van der Waals surface area contributed by atoms with Gasteiger partial charge in [-0.25, -0.2) is 4.98 Å². The second-order valence-electron chi connectivity index (χ2n) is 6.96. The van der Waals surface area contributed by atoms with Crippen molar-refractivity contribution in [2.24, 2.45) is 4.99 Å². The molecule has 4 rings (SSSR count). The monoisotopic (exact) mass is 365 g/mol. The van der Waals surface area contributed by atoms with Crippen LogP contribution in [0.1, 0.15) is 17.9 Å². The zero-order valence-corrected chi connectivity index (χ0v) is 15.8. The third kappa shape index (κ3) is 3.99. The Labute approximate surface area is 160 Å². The number of guanidine groups is 1. The number of aromatic nitrogens is 1. The first kappa shape index (κ1) is 17.6. The zero-order valence-electron chi connectivity index (χ0n) is 15.8. The van der Waals surface area contributed by atoms with Gasteiger partial charge in [0, 0.05) is 51.9 Å². The fourth-order valence-electron chi connectivity index (χ4n) is 3.86. The average Bonchev–Trinajstić information content (AvgIpc) is 2.75. The largest absolute Gasteiger partial charge is 0.493 e. The number of nitrogens with zero attached hydrogens (tertiary/aromatic N) is 4. The Bertz CT molecular complexity index is 771. The highest BCUT2D eigenvalue weighted by Crippen LogP contribution is 2.32. The predicted octanol–water partition coefficient (Wildman–Crippen LogP) is 2.35. The first-order valence-electron chi connectivity index (χ1n) is 9.68. The van der Waals surface area contributed by atoms with Crippen LogP contribution in [0, 0.1) is 0 Å². The number of rotatable bonds is 3. The summed E-state index contributed by atoms with van der Waals surface area (Å²) in [5.74, 6) is 3.52. The summed E-state index contributed by atoms with van der Waals surface area (Å²) in [6.45, 7) is 5.47. The second-order valence-corrected chi connectivity index (χ2v) is 6.96. The van der Waals surface area contributed by atoms with E-state index in [-0.39, 0.29) is 0 Å². The number of pyridine rings is 1. The number of nitrogens with one attached hydrogen (secondary N) is 1. The molecule has 0 amide bonds. The van der Waals surface area contributed by atoms with Gasteiger partial charge < -0.3 is 19.9 Å². The number of anilines is 1. The molecule has 1 N–H and O–H groups in total.